The molecule has 178 valence electrons. The number of ether oxygens (including phenoxy) is 4. The van der Waals surface area contributed by atoms with Crippen molar-refractivity contribution >= 4 is 43.8 Å². The monoisotopic (exact) mass is 566 g/mol. The third-order valence-corrected chi connectivity index (χ3v) is 6.97. The Balaban J connectivity index is 1.47. The normalized spacial score (nSPS) is 13.0. The molecule has 8 nitrogen and oxygen atoms in total. The number of nitrogens with zero attached hydrogens (tertiary/aromatic N) is 1. The highest BCUT2D eigenvalue weighted by molar-refractivity contribution is 9.10. The van der Waals surface area contributed by atoms with Gasteiger partial charge >= 0.3 is 0 Å². The lowest BCUT2D eigenvalue weighted by Crippen LogP contribution is -2.20. The summed E-state index contributed by atoms with van der Waals surface area (Å²) in [5.41, 5.74) is 1.41. The molecule has 0 radical (unpaired) electrons. The van der Waals surface area contributed by atoms with Gasteiger partial charge in [0.05, 0.1) is 22.7 Å². The van der Waals surface area contributed by atoms with Crippen LogP contribution in [-0.4, -0.2) is 35.0 Å². The maximum absolute atomic E-state index is 12.6. The number of methoxy groups -OCH3 is 1. The van der Waals surface area contributed by atoms with Crippen molar-refractivity contribution in [2.75, 3.05) is 20.3 Å². The van der Waals surface area contributed by atoms with Crippen molar-refractivity contribution in [3.8, 4) is 23.0 Å². The van der Waals surface area contributed by atoms with Gasteiger partial charge in [0.15, 0.2) is 23.0 Å². The summed E-state index contributed by atoms with van der Waals surface area (Å²) in [6, 6.07) is 15.2. The van der Waals surface area contributed by atoms with Gasteiger partial charge in [0, 0.05) is 16.7 Å². The third kappa shape index (κ3) is 5.57. The van der Waals surface area contributed by atoms with Gasteiger partial charge in [-0.05, 0) is 51.8 Å². The summed E-state index contributed by atoms with van der Waals surface area (Å²) >= 11 is 9.66. The summed E-state index contributed by atoms with van der Waals surface area (Å²) in [6.07, 6.45) is 1.36. The van der Waals surface area contributed by atoms with Crippen molar-refractivity contribution in [1.82, 2.24) is 4.83 Å². The zero-order valence-corrected chi connectivity index (χ0v) is 21.1. The number of hydrogen-bond acceptors (Lipinski definition) is 7. The molecule has 34 heavy (non-hydrogen) atoms. The number of benzene rings is 3. The molecule has 0 aromatic heterocycles. The fourth-order valence-corrected chi connectivity index (χ4v) is 4.70. The number of nitrogens with one attached hydrogen (secondary N) is 1. The van der Waals surface area contributed by atoms with E-state index in [2.05, 4.69) is 25.9 Å². The van der Waals surface area contributed by atoms with Crippen molar-refractivity contribution < 1.29 is 27.4 Å². The fraction of sp³-hybridized carbons (Fsp3) is 0.174. The molecule has 0 saturated heterocycles. The highest BCUT2D eigenvalue weighted by atomic mass is 79.9. The van der Waals surface area contributed by atoms with E-state index in [0.717, 1.165) is 5.56 Å². The minimum absolute atomic E-state index is 0.0102. The first kappa shape index (κ1) is 24.2. The van der Waals surface area contributed by atoms with Gasteiger partial charge in [0.1, 0.15) is 19.8 Å². The van der Waals surface area contributed by atoms with E-state index in [0.29, 0.717) is 51.3 Å². The maximum atomic E-state index is 12.6. The summed E-state index contributed by atoms with van der Waals surface area (Å²) in [5.74, 6) is 1.80. The number of sulfonamides is 1. The zero-order valence-electron chi connectivity index (χ0n) is 18.0. The second kappa shape index (κ2) is 10.5. The van der Waals surface area contributed by atoms with Gasteiger partial charge in [0.2, 0.25) is 0 Å². The molecule has 0 aliphatic carbocycles. The Bertz CT molecular complexity index is 1330. The highest BCUT2D eigenvalue weighted by Gasteiger charge is 2.19. The van der Waals surface area contributed by atoms with Gasteiger partial charge in [-0.25, -0.2) is 4.83 Å². The quantitative estimate of drug-likeness (QED) is 0.311. The van der Waals surface area contributed by atoms with Gasteiger partial charge < -0.3 is 18.9 Å². The molecule has 0 saturated carbocycles. The summed E-state index contributed by atoms with van der Waals surface area (Å²) in [6.45, 7) is 1.03. The lowest BCUT2D eigenvalue weighted by molar-refractivity contribution is 0.171. The number of hydrazone groups is 1. The topological polar surface area (TPSA) is 95.5 Å². The molecule has 1 N–H and O–H groups in total. The minimum atomic E-state index is -3.90. The highest BCUT2D eigenvalue weighted by Crippen LogP contribution is 2.37. The van der Waals surface area contributed by atoms with E-state index in [1.165, 1.54) is 25.5 Å². The molecule has 0 atom stereocenters. The molecule has 0 amide bonds. The Morgan fingerprint density at radius 3 is 2.65 bits per heavy atom. The smallest absolute Gasteiger partial charge is 0.276 e. The molecule has 0 fully saturated rings. The van der Waals surface area contributed by atoms with Gasteiger partial charge in [-0.1, -0.05) is 29.8 Å². The molecule has 0 bridgehead atoms. The molecule has 11 heteroatoms. The maximum Gasteiger partial charge on any atom is 0.276 e. The Morgan fingerprint density at radius 1 is 1.12 bits per heavy atom. The van der Waals surface area contributed by atoms with E-state index in [9.17, 15) is 8.42 Å². The van der Waals surface area contributed by atoms with Crippen LogP contribution in [0.2, 0.25) is 5.02 Å². The molecule has 1 aliphatic heterocycles. The van der Waals surface area contributed by atoms with Crippen molar-refractivity contribution in [1.29, 1.82) is 0 Å². The Morgan fingerprint density at radius 2 is 1.88 bits per heavy atom. The molecule has 1 aliphatic rings. The van der Waals surface area contributed by atoms with Crippen LogP contribution in [0.1, 0.15) is 11.1 Å². The van der Waals surface area contributed by atoms with E-state index in [1.54, 1.807) is 24.3 Å². The van der Waals surface area contributed by atoms with E-state index < -0.39 is 10.0 Å². The summed E-state index contributed by atoms with van der Waals surface area (Å²) < 4.78 is 48.0. The average Bonchev–Trinajstić information content (AvgIpc) is 2.83. The van der Waals surface area contributed by atoms with Gasteiger partial charge in [0.25, 0.3) is 10.0 Å². The van der Waals surface area contributed by atoms with Crippen molar-refractivity contribution in [2.24, 2.45) is 5.10 Å². The van der Waals surface area contributed by atoms with Crippen molar-refractivity contribution in [2.45, 2.75) is 11.5 Å². The molecular formula is C23H20BrClN2O6S. The van der Waals surface area contributed by atoms with Crippen LogP contribution in [0.5, 0.6) is 23.0 Å². The van der Waals surface area contributed by atoms with Crippen LogP contribution in [-0.2, 0) is 16.6 Å². The second-order valence-electron chi connectivity index (χ2n) is 7.07. The van der Waals surface area contributed by atoms with Crippen LogP contribution >= 0.6 is 27.5 Å². The summed E-state index contributed by atoms with van der Waals surface area (Å²) in [7, 11) is -2.40. The predicted octanol–water partition coefficient (Wildman–Crippen LogP) is 4.77. The SMILES string of the molecule is COc1cc(/C=N\NS(=O)(=O)c2ccc3c(c2)OCCO3)cc(Br)c1OCc1ccccc1Cl. The van der Waals surface area contributed by atoms with Crippen LogP contribution in [0.3, 0.4) is 0 Å². The first-order valence-electron chi connectivity index (χ1n) is 10.1. The molecule has 4 rings (SSSR count). The van der Waals surface area contributed by atoms with Crippen LogP contribution in [0.25, 0.3) is 0 Å². The molecule has 0 spiro atoms. The molecule has 3 aromatic carbocycles. The van der Waals surface area contributed by atoms with E-state index in [-0.39, 0.29) is 11.5 Å². The average molecular weight is 568 g/mol. The Kier molecular flexibility index (Phi) is 7.50. The van der Waals surface area contributed by atoms with Crippen molar-refractivity contribution in [3.63, 3.8) is 0 Å². The third-order valence-electron chi connectivity index (χ3n) is 4.79. The lowest BCUT2D eigenvalue weighted by atomic mass is 10.2. The lowest BCUT2D eigenvalue weighted by Gasteiger charge is -2.18. The fourth-order valence-electron chi connectivity index (χ4n) is 3.13. The van der Waals surface area contributed by atoms with E-state index >= 15 is 0 Å². The number of rotatable bonds is 8. The predicted molar refractivity (Wildman–Crippen MR) is 132 cm³/mol. The summed E-state index contributed by atoms with van der Waals surface area (Å²) in [5, 5.41) is 4.49. The van der Waals surface area contributed by atoms with Crippen LogP contribution in [0.15, 0.2) is 69.1 Å². The standard InChI is InChI=1S/C23H20BrClN2O6S/c1-30-22-11-15(10-18(24)23(22)33-14-16-4-2-3-5-19(16)25)13-26-27-34(28,29)17-6-7-20-21(12-17)32-9-8-31-20/h2-7,10-13,27H,8-9,14H2,1H3/b26-13-. The molecular weight excluding hydrogens is 548 g/mol. The van der Waals surface area contributed by atoms with E-state index in [4.69, 9.17) is 30.5 Å². The van der Waals surface area contributed by atoms with Gasteiger partial charge in [-0.3, -0.25) is 0 Å². The van der Waals surface area contributed by atoms with Crippen LogP contribution in [0, 0.1) is 0 Å². The largest absolute Gasteiger partial charge is 0.493 e. The Hall–Kier alpha value is -2.95. The molecule has 0 unspecified atom stereocenters. The molecule has 1 heterocycles. The Labute approximate surface area is 210 Å². The number of fused-ring (bicyclic) bond motifs is 1. The van der Waals surface area contributed by atoms with Gasteiger partial charge in [-0.2, -0.15) is 13.5 Å². The number of hydrogen-bond donors (Lipinski definition) is 1. The first-order valence-corrected chi connectivity index (χ1v) is 12.7. The summed E-state index contributed by atoms with van der Waals surface area (Å²) in [4.78, 5) is 2.21. The van der Waals surface area contributed by atoms with E-state index in [1.807, 2.05) is 18.2 Å². The minimum Gasteiger partial charge on any atom is -0.493 e. The number of halogens is 2. The van der Waals surface area contributed by atoms with Crippen LogP contribution < -0.4 is 23.8 Å². The second-order valence-corrected chi connectivity index (χ2v) is 9.99. The van der Waals surface area contributed by atoms with Gasteiger partial charge in [-0.15, -0.1) is 0 Å². The first-order chi connectivity index (χ1) is 16.4. The van der Waals surface area contributed by atoms with Crippen LogP contribution in [0.4, 0.5) is 0 Å². The zero-order chi connectivity index (χ0) is 24.1. The van der Waals surface area contributed by atoms with Crippen molar-refractivity contribution in [3.05, 3.63) is 75.2 Å². The molecule has 3 aromatic rings.